The van der Waals surface area contributed by atoms with Crippen LogP contribution in [0, 0.1) is 0 Å². The molecule has 0 radical (unpaired) electrons. The second-order valence-electron chi connectivity index (χ2n) is 4.26. The van der Waals surface area contributed by atoms with E-state index in [2.05, 4.69) is 0 Å². The van der Waals surface area contributed by atoms with E-state index in [-0.39, 0.29) is 5.70 Å². The number of hydrogen-bond acceptors (Lipinski definition) is 4. The molecule has 4 N–H and O–H groups in total. The normalized spacial score (nSPS) is 14.6. The molecule has 0 saturated heterocycles. The molecule has 3 rings (SSSR count). The summed E-state index contributed by atoms with van der Waals surface area (Å²) in [4.78, 5) is 23.0. The maximum absolute atomic E-state index is 11.5. The molecule has 1 aliphatic rings. The Morgan fingerprint density at radius 2 is 1.78 bits per heavy atom. The Labute approximate surface area is 102 Å². The number of benzene rings is 2. The number of nitrogen functional groups attached to an aromatic ring is 1. The number of nitrogens with two attached hydrogens (primary N) is 2. The number of hydrogen-bond donors (Lipinski definition) is 2. The average molecular weight is 238 g/mol. The molecule has 0 saturated carbocycles. The van der Waals surface area contributed by atoms with E-state index in [0.29, 0.717) is 16.1 Å². The lowest BCUT2D eigenvalue weighted by Gasteiger charge is -2.07. The van der Waals surface area contributed by atoms with Gasteiger partial charge in [0.05, 0.1) is 5.70 Å². The predicted octanol–water partition coefficient (Wildman–Crippen LogP) is -0.579. The van der Waals surface area contributed by atoms with Crippen molar-refractivity contribution < 1.29 is 9.59 Å². The van der Waals surface area contributed by atoms with Crippen molar-refractivity contribution in [3.8, 4) is 0 Å². The molecule has 4 heteroatoms. The maximum Gasteiger partial charge on any atom is 0.249 e. The van der Waals surface area contributed by atoms with Gasteiger partial charge in [0.2, 0.25) is 11.6 Å². The molecule has 2 aromatic carbocycles. The van der Waals surface area contributed by atoms with Crippen LogP contribution in [-0.4, -0.2) is 11.6 Å². The van der Waals surface area contributed by atoms with Crippen LogP contribution in [-0.2, 0) is 9.59 Å². The Bertz CT molecular complexity index is 835. The summed E-state index contributed by atoms with van der Waals surface area (Å²) in [6, 6.07) is 9.10. The summed E-state index contributed by atoms with van der Waals surface area (Å²) in [6.07, 6.45) is 1.32. The van der Waals surface area contributed by atoms with E-state index in [9.17, 15) is 9.59 Å². The van der Waals surface area contributed by atoms with Gasteiger partial charge in [-0.2, -0.15) is 0 Å². The fourth-order valence-electron chi connectivity index (χ4n) is 2.18. The highest BCUT2D eigenvalue weighted by molar-refractivity contribution is 6.60. The molecule has 4 nitrogen and oxygen atoms in total. The van der Waals surface area contributed by atoms with Crippen molar-refractivity contribution in [2.75, 3.05) is 5.73 Å². The van der Waals surface area contributed by atoms with Crippen molar-refractivity contribution in [3.63, 3.8) is 0 Å². The molecule has 0 spiro atoms. The van der Waals surface area contributed by atoms with E-state index in [4.69, 9.17) is 11.5 Å². The fourth-order valence-corrected chi connectivity index (χ4v) is 2.18. The smallest absolute Gasteiger partial charge is 0.249 e. The highest BCUT2D eigenvalue weighted by Gasteiger charge is 2.19. The van der Waals surface area contributed by atoms with Crippen LogP contribution in [0.3, 0.4) is 0 Å². The molecule has 1 aliphatic carbocycles. The van der Waals surface area contributed by atoms with E-state index < -0.39 is 11.6 Å². The third-order valence-corrected chi connectivity index (χ3v) is 3.13. The van der Waals surface area contributed by atoms with Gasteiger partial charge in [-0.1, -0.05) is 12.1 Å². The molecule has 0 aromatic heterocycles. The monoisotopic (exact) mass is 238 g/mol. The Hall–Kier alpha value is -2.62. The average Bonchev–Trinajstić information content (AvgIpc) is 2.35. The van der Waals surface area contributed by atoms with Crippen LogP contribution in [0.4, 0.5) is 5.69 Å². The fraction of sp³-hybridized carbons (Fsp3) is 0. The van der Waals surface area contributed by atoms with Gasteiger partial charge in [-0.15, -0.1) is 0 Å². The topological polar surface area (TPSA) is 86.2 Å². The zero-order valence-corrected chi connectivity index (χ0v) is 9.44. The van der Waals surface area contributed by atoms with Crippen molar-refractivity contribution in [3.05, 3.63) is 40.8 Å². The minimum Gasteiger partial charge on any atom is -0.398 e. The van der Waals surface area contributed by atoms with Gasteiger partial charge in [0.15, 0.2) is 0 Å². The minimum absolute atomic E-state index is 0.0114. The third kappa shape index (κ3) is 1.32. The van der Waals surface area contributed by atoms with Gasteiger partial charge >= 0.3 is 0 Å². The molecule has 0 aliphatic heterocycles. The maximum atomic E-state index is 11.5. The predicted molar refractivity (Wildman–Crippen MR) is 69.7 cm³/mol. The van der Waals surface area contributed by atoms with Gasteiger partial charge in [0, 0.05) is 16.3 Å². The zero-order valence-electron chi connectivity index (χ0n) is 9.44. The summed E-state index contributed by atoms with van der Waals surface area (Å²) in [5.74, 6) is -1.24. The number of Topliss-reactive ketones (excluding diaryl/α,β-unsaturated/α-hetero) is 2. The summed E-state index contributed by atoms with van der Waals surface area (Å²) in [5.41, 5.74) is 12.2. The van der Waals surface area contributed by atoms with E-state index in [1.807, 2.05) is 18.2 Å². The summed E-state index contributed by atoms with van der Waals surface area (Å²) >= 11 is 0. The number of ketones is 2. The molecule has 0 bridgehead atoms. The minimum atomic E-state index is -0.656. The van der Waals surface area contributed by atoms with Gasteiger partial charge in [0.1, 0.15) is 0 Å². The number of carbonyl (C=O) groups is 2. The van der Waals surface area contributed by atoms with Gasteiger partial charge in [-0.25, -0.2) is 0 Å². The molecule has 0 fully saturated rings. The van der Waals surface area contributed by atoms with Crippen LogP contribution in [0.2, 0.25) is 0 Å². The Morgan fingerprint density at radius 1 is 1.00 bits per heavy atom. The molecular formula is C14H10N2O2. The highest BCUT2D eigenvalue weighted by atomic mass is 16.2. The van der Waals surface area contributed by atoms with Crippen LogP contribution in [0.25, 0.3) is 22.5 Å². The van der Waals surface area contributed by atoms with Crippen molar-refractivity contribution in [1.29, 1.82) is 0 Å². The van der Waals surface area contributed by atoms with E-state index in [1.54, 1.807) is 12.1 Å². The molecule has 0 atom stereocenters. The molecule has 0 amide bonds. The van der Waals surface area contributed by atoms with Crippen LogP contribution < -0.4 is 21.9 Å². The third-order valence-electron chi connectivity index (χ3n) is 3.13. The lowest BCUT2D eigenvalue weighted by atomic mass is 9.99. The second kappa shape index (κ2) is 3.43. The van der Waals surface area contributed by atoms with Crippen molar-refractivity contribution >= 4 is 39.8 Å². The summed E-state index contributed by atoms with van der Waals surface area (Å²) in [6.45, 7) is 0. The van der Waals surface area contributed by atoms with Crippen LogP contribution in [0.1, 0.15) is 0 Å². The Morgan fingerprint density at radius 3 is 2.56 bits per heavy atom. The lowest BCUT2D eigenvalue weighted by molar-refractivity contribution is -0.129. The van der Waals surface area contributed by atoms with Crippen LogP contribution in [0.15, 0.2) is 30.3 Å². The number of carbonyl (C=O) groups excluding carboxylic acids is 2. The molecule has 88 valence electrons. The Balaban J connectivity index is 2.57. The first-order valence-corrected chi connectivity index (χ1v) is 5.46. The largest absolute Gasteiger partial charge is 0.398 e. The number of anilines is 1. The summed E-state index contributed by atoms with van der Waals surface area (Å²) in [5, 5.41) is 2.98. The van der Waals surface area contributed by atoms with E-state index in [0.717, 1.165) is 10.8 Å². The van der Waals surface area contributed by atoms with Crippen LogP contribution in [0.5, 0.6) is 0 Å². The number of rotatable bonds is 0. The lowest BCUT2D eigenvalue weighted by Crippen LogP contribution is -2.40. The van der Waals surface area contributed by atoms with E-state index >= 15 is 0 Å². The molecule has 2 aromatic rings. The standard InChI is InChI=1S/C14H10N2O2/c15-11-3-1-2-7-4-8-5-12(17)14(18)13(16)10(8)6-9(7)11/h1-6H,15-16H2. The van der Waals surface area contributed by atoms with Crippen molar-refractivity contribution in [1.82, 2.24) is 0 Å². The number of fused-ring (bicyclic) bond motifs is 2. The van der Waals surface area contributed by atoms with Crippen LogP contribution >= 0.6 is 0 Å². The first-order valence-electron chi connectivity index (χ1n) is 5.46. The van der Waals surface area contributed by atoms with E-state index in [1.165, 1.54) is 6.08 Å². The zero-order chi connectivity index (χ0) is 12.9. The summed E-state index contributed by atoms with van der Waals surface area (Å²) in [7, 11) is 0. The molecular weight excluding hydrogens is 228 g/mol. The SMILES string of the molecule is NC1=c2cc3c(N)cccc3cc2=CC(=O)C1=O. The first kappa shape index (κ1) is 10.5. The first-order chi connectivity index (χ1) is 8.58. The molecule has 0 heterocycles. The van der Waals surface area contributed by atoms with Gasteiger partial charge in [-0.3, -0.25) is 9.59 Å². The highest BCUT2D eigenvalue weighted by Crippen LogP contribution is 2.17. The molecule has 0 unspecified atom stereocenters. The molecule has 18 heavy (non-hydrogen) atoms. The van der Waals surface area contributed by atoms with Gasteiger partial charge in [-0.05, 0) is 34.9 Å². The second-order valence-corrected chi connectivity index (χ2v) is 4.26. The van der Waals surface area contributed by atoms with Crippen molar-refractivity contribution in [2.24, 2.45) is 5.73 Å². The van der Waals surface area contributed by atoms with Gasteiger partial charge in [0.25, 0.3) is 0 Å². The quantitative estimate of drug-likeness (QED) is 0.475. The summed E-state index contributed by atoms with van der Waals surface area (Å²) < 4.78 is 0. The van der Waals surface area contributed by atoms with Gasteiger partial charge < -0.3 is 11.5 Å². The Kier molecular flexibility index (Phi) is 2.01. The van der Waals surface area contributed by atoms with Crippen molar-refractivity contribution in [2.45, 2.75) is 0 Å².